The van der Waals surface area contributed by atoms with E-state index in [0.29, 0.717) is 19.0 Å². The molecule has 0 aromatic heterocycles. The largest absolute Gasteiger partial charge is 0.479 e. The average Bonchev–Trinajstić information content (AvgIpc) is 2.48. The van der Waals surface area contributed by atoms with E-state index < -0.39 is 17.5 Å². The number of hydrogen-bond donors (Lipinski definition) is 2. The molecule has 0 aromatic carbocycles. The highest BCUT2D eigenvalue weighted by atomic mass is 16.5. The van der Waals surface area contributed by atoms with Crippen LogP contribution in [-0.4, -0.2) is 54.2 Å². The van der Waals surface area contributed by atoms with Gasteiger partial charge in [0.1, 0.15) is 0 Å². The van der Waals surface area contributed by atoms with Crippen LogP contribution in [0.25, 0.3) is 0 Å². The lowest BCUT2D eigenvalue weighted by molar-refractivity contribution is -0.163. The molecule has 3 N–H and O–H groups in total. The molecule has 20 heavy (non-hydrogen) atoms. The van der Waals surface area contributed by atoms with Gasteiger partial charge in [-0.2, -0.15) is 0 Å². The van der Waals surface area contributed by atoms with Crippen molar-refractivity contribution in [1.29, 1.82) is 0 Å². The second kappa shape index (κ2) is 6.10. The number of carboxylic acid groups (broad SMARTS) is 1. The summed E-state index contributed by atoms with van der Waals surface area (Å²) in [7, 11) is 0. The molecule has 1 aliphatic heterocycles. The predicted molar refractivity (Wildman–Crippen MR) is 73.1 cm³/mol. The monoisotopic (exact) mass is 284 g/mol. The van der Waals surface area contributed by atoms with Crippen molar-refractivity contribution in [2.75, 3.05) is 26.2 Å². The van der Waals surface area contributed by atoms with Crippen molar-refractivity contribution in [3.05, 3.63) is 0 Å². The van der Waals surface area contributed by atoms with Crippen LogP contribution < -0.4 is 5.73 Å². The van der Waals surface area contributed by atoms with E-state index in [1.807, 2.05) is 0 Å². The van der Waals surface area contributed by atoms with Crippen LogP contribution >= 0.6 is 0 Å². The smallest absolute Gasteiger partial charge is 0.334 e. The van der Waals surface area contributed by atoms with Crippen molar-refractivity contribution < 1.29 is 19.4 Å². The third-order valence-electron chi connectivity index (χ3n) is 4.70. The molecule has 114 valence electrons. The topological polar surface area (TPSA) is 92.9 Å². The lowest BCUT2D eigenvalue weighted by atomic mass is 9.70. The Morgan fingerprint density at radius 2 is 2.05 bits per heavy atom. The van der Waals surface area contributed by atoms with E-state index in [4.69, 9.17) is 15.6 Å². The summed E-state index contributed by atoms with van der Waals surface area (Å²) in [5.41, 5.74) is 5.40. The minimum absolute atomic E-state index is 0.0152. The third kappa shape index (κ3) is 2.96. The van der Waals surface area contributed by atoms with Gasteiger partial charge in [0.2, 0.25) is 5.91 Å². The first-order chi connectivity index (χ1) is 9.48. The minimum atomic E-state index is -1.01. The number of ether oxygens (including phenoxy) is 1. The van der Waals surface area contributed by atoms with Crippen LogP contribution in [0.1, 0.15) is 32.6 Å². The molecule has 0 bridgehead atoms. The van der Waals surface area contributed by atoms with Crippen molar-refractivity contribution >= 4 is 11.9 Å². The standard InChI is InChI=1S/C14H24N2O4/c1-10-2-4-14(9-15,5-3-10)13(19)16-6-7-20-11(8-16)12(17)18/h10-11H,2-9,15H2,1H3,(H,17,18). The van der Waals surface area contributed by atoms with Crippen molar-refractivity contribution in [1.82, 2.24) is 4.90 Å². The van der Waals surface area contributed by atoms with Gasteiger partial charge >= 0.3 is 5.97 Å². The maximum absolute atomic E-state index is 12.8. The first-order valence-electron chi connectivity index (χ1n) is 7.32. The summed E-state index contributed by atoms with van der Waals surface area (Å²) in [5, 5.41) is 9.02. The quantitative estimate of drug-likeness (QED) is 0.785. The van der Waals surface area contributed by atoms with E-state index in [-0.39, 0.29) is 19.1 Å². The number of morpholine rings is 1. The van der Waals surface area contributed by atoms with Gasteiger partial charge in [-0.15, -0.1) is 0 Å². The van der Waals surface area contributed by atoms with Gasteiger partial charge in [-0.1, -0.05) is 6.92 Å². The molecule has 1 saturated carbocycles. The average molecular weight is 284 g/mol. The number of nitrogens with zero attached hydrogens (tertiary/aromatic N) is 1. The Labute approximate surface area is 119 Å². The molecule has 1 amide bonds. The number of carbonyl (C=O) groups is 2. The summed E-state index contributed by atoms with van der Waals surface area (Å²) in [6.07, 6.45) is 2.72. The maximum Gasteiger partial charge on any atom is 0.334 e. The molecule has 1 aliphatic carbocycles. The fraction of sp³-hybridized carbons (Fsp3) is 0.857. The van der Waals surface area contributed by atoms with Crippen molar-refractivity contribution in [2.24, 2.45) is 17.1 Å². The number of amides is 1. The molecule has 6 nitrogen and oxygen atoms in total. The SMILES string of the molecule is CC1CCC(CN)(C(=O)N2CCOC(C(=O)O)C2)CC1. The molecule has 2 aliphatic rings. The van der Waals surface area contributed by atoms with Gasteiger partial charge in [0, 0.05) is 13.1 Å². The highest BCUT2D eigenvalue weighted by Crippen LogP contribution is 2.39. The Bertz CT molecular complexity index is 377. The molecular formula is C14H24N2O4. The molecular weight excluding hydrogens is 260 g/mol. The molecule has 0 spiro atoms. The number of carboxylic acids is 1. The molecule has 2 fully saturated rings. The van der Waals surface area contributed by atoms with E-state index in [1.54, 1.807) is 4.90 Å². The first-order valence-corrected chi connectivity index (χ1v) is 7.32. The number of rotatable bonds is 3. The van der Waals surface area contributed by atoms with Gasteiger partial charge in [0.25, 0.3) is 0 Å². The maximum atomic E-state index is 12.8. The highest BCUT2D eigenvalue weighted by Gasteiger charge is 2.43. The van der Waals surface area contributed by atoms with Crippen LogP contribution in [0.5, 0.6) is 0 Å². The van der Waals surface area contributed by atoms with Crippen LogP contribution in [0, 0.1) is 11.3 Å². The summed E-state index contributed by atoms with van der Waals surface area (Å²) in [6, 6.07) is 0. The molecule has 1 heterocycles. The van der Waals surface area contributed by atoms with E-state index in [1.165, 1.54) is 0 Å². The summed E-state index contributed by atoms with van der Waals surface area (Å²) >= 11 is 0. The molecule has 2 rings (SSSR count). The van der Waals surface area contributed by atoms with E-state index in [2.05, 4.69) is 6.92 Å². The Morgan fingerprint density at radius 3 is 2.60 bits per heavy atom. The molecule has 1 saturated heterocycles. The number of aliphatic carboxylic acids is 1. The van der Waals surface area contributed by atoms with Crippen molar-refractivity contribution in [3.63, 3.8) is 0 Å². The van der Waals surface area contributed by atoms with Crippen LogP contribution in [0.4, 0.5) is 0 Å². The molecule has 1 atom stereocenters. The fourth-order valence-corrected chi connectivity index (χ4v) is 3.14. The second-order valence-electron chi connectivity index (χ2n) is 6.12. The van der Waals surface area contributed by atoms with Gasteiger partial charge in [-0.05, 0) is 31.6 Å². The fourth-order valence-electron chi connectivity index (χ4n) is 3.14. The van der Waals surface area contributed by atoms with Gasteiger partial charge in [0.05, 0.1) is 18.6 Å². The lowest BCUT2D eigenvalue weighted by Gasteiger charge is -2.42. The Balaban J connectivity index is 2.06. The summed E-state index contributed by atoms with van der Waals surface area (Å²) in [5.74, 6) is -0.359. The summed E-state index contributed by atoms with van der Waals surface area (Å²) in [6.45, 7) is 3.40. The molecule has 6 heteroatoms. The van der Waals surface area contributed by atoms with Crippen molar-refractivity contribution in [3.8, 4) is 0 Å². The predicted octanol–water partition coefficient (Wildman–Crippen LogP) is 0.454. The zero-order valence-corrected chi connectivity index (χ0v) is 12.0. The van der Waals surface area contributed by atoms with Gasteiger partial charge < -0.3 is 20.5 Å². The zero-order chi connectivity index (χ0) is 14.8. The van der Waals surface area contributed by atoms with Crippen LogP contribution in [0.3, 0.4) is 0 Å². The van der Waals surface area contributed by atoms with E-state index >= 15 is 0 Å². The number of nitrogens with two attached hydrogens (primary N) is 1. The number of hydrogen-bond acceptors (Lipinski definition) is 4. The number of carbonyl (C=O) groups excluding carboxylic acids is 1. The lowest BCUT2D eigenvalue weighted by Crippen LogP contribution is -2.55. The van der Waals surface area contributed by atoms with Crippen molar-refractivity contribution in [2.45, 2.75) is 38.7 Å². The molecule has 0 aromatic rings. The van der Waals surface area contributed by atoms with Crippen LogP contribution in [0.2, 0.25) is 0 Å². The zero-order valence-electron chi connectivity index (χ0n) is 12.0. The Hall–Kier alpha value is -1.14. The van der Waals surface area contributed by atoms with Gasteiger partial charge in [-0.25, -0.2) is 4.79 Å². The Morgan fingerprint density at radius 1 is 1.40 bits per heavy atom. The van der Waals surface area contributed by atoms with Gasteiger partial charge in [-0.3, -0.25) is 4.79 Å². The van der Waals surface area contributed by atoms with Crippen LogP contribution in [-0.2, 0) is 14.3 Å². The van der Waals surface area contributed by atoms with E-state index in [9.17, 15) is 9.59 Å². The highest BCUT2D eigenvalue weighted by molar-refractivity contribution is 5.84. The summed E-state index contributed by atoms with van der Waals surface area (Å²) in [4.78, 5) is 25.4. The normalized spacial score (nSPS) is 34.8. The minimum Gasteiger partial charge on any atom is -0.479 e. The second-order valence-corrected chi connectivity index (χ2v) is 6.12. The molecule has 0 radical (unpaired) electrons. The first kappa shape index (κ1) is 15.3. The summed E-state index contributed by atoms with van der Waals surface area (Å²) < 4.78 is 5.17. The van der Waals surface area contributed by atoms with E-state index in [0.717, 1.165) is 25.7 Å². The Kier molecular flexibility index (Phi) is 4.65. The molecule has 1 unspecified atom stereocenters. The van der Waals surface area contributed by atoms with Gasteiger partial charge in [0.15, 0.2) is 6.10 Å². The third-order valence-corrected chi connectivity index (χ3v) is 4.70. The van der Waals surface area contributed by atoms with Crippen LogP contribution in [0.15, 0.2) is 0 Å².